The van der Waals surface area contributed by atoms with Gasteiger partial charge in [-0.3, -0.25) is 0 Å². The molecule has 1 unspecified atom stereocenters. The van der Waals surface area contributed by atoms with Crippen LogP contribution in [0.1, 0.15) is 84.1 Å². The molecule has 0 bridgehead atoms. The third kappa shape index (κ3) is 4.78. The predicted octanol–water partition coefficient (Wildman–Crippen LogP) is 7.39. The van der Waals surface area contributed by atoms with Gasteiger partial charge in [-0.25, -0.2) is 8.78 Å². The van der Waals surface area contributed by atoms with Crippen LogP contribution in [0, 0.1) is 41.2 Å². The number of rotatable bonds is 5. The molecule has 0 spiro atoms. The molecule has 2 saturated carbocycles. The number of benzene rings is 1. The zero-order valence-corrected chi connectivity index (χ0v) is 19.1. The molecule has 0 saturated heterocycles. The van der Waals surface area contributed by atoms with Crippen LogP contribution in [-0.4, -0.2) is 12.6 Å². The van der Waals surface area contributed by atoms with Crippen molar-refractivity contribution < 1.29 is 8.78 Å². The van der Waals surface area contributed by atoms with Gasteiger partial charge in [0.1, 0.15) is 0 Å². The van der Waals surface area contributed by atoms with Gasteiger partial charge in [0.15, 0.2) is 11.6 Å². The molecule has 0 aromatic heterocycles. The largest absolute Gasteiger partial charge is 0.382 e. The van der Waals surface area contributed by atoms with E-state index in [1.54, 1.807) is 0 Å². The van der Waals surface area contributed by atoms with E-state index in [1.807, 2.05) is 6.07 Å². The molecule has 168 valence electrons. The monoisotopic (exact) mass is 418 g/mol. The Bertz CT molecular complexity index is 716. The van der Waals surface area contributed by atoms with Crippen LogP contribution in [-0.2, 0) is 6.42 Å². The topological polar surface area (TPSA) is 24.1 Å². The number of anilines is 2. The Balaban J connectivity index is 1.31. The summed E-state index contributed by atoms with van der Waals surface area (Å²) in [6.07, 6.45) is 12.5. The Morgan fingerprint density at radius 1 is 0.933 bits per heavy atom. The van der Waals surface area contributed by atoms with Gasteiger partial charge in [-0.2, -0.15) is 0 Å². The summed E-state index contributed by atoms with van der Waals surface area (Å²) >= 11 is 0. The highest BCUT2D eigenvalue weighted by molar-refractivity contribution is 5.63. The van der Waals surface area contributed by atoms with E-state index >= 15 is 0 Å². The van der Waals surface area contributed by atoms with Crippen molar-refractivity contribution >= 4 is 11.4 Å². The number of aryl methyl sites for hydroxylation is 1. The van der Waals surface area contributed by atoms with Gasteiger partial charge in [0.05, 0.1) is 11.4 Å². The first-order valence-electron chi connectivity index (χ1n) is 12.4. The first-order chi connectivity index (χ1) is 14.4. The van der Waals surface area contributed by atoms with Crippen LogP contribution in [0.15, 0.2) is 6.07 Å². The first-order valence-corrected chi connectivity index (χ1v) is 12.4. The predicted molar refractivity (Wildman–Crippen MR) is 122 cm³/mol. The van der Waals surface area contributed by atoms with Crippen molar-refractivity contribution in [3.63, 3.8) is 0 Å². The molecular weight excluding hydrogens is 378 g/mol. The van der Waals surface area contributed by atoms with Crippen LogP contribution in [0.3, 0.4) is 0 Å². The summed E-state index contributed by atoms with van der Waals surface area (Å²) in [7, 11) is 0. The van der Waals surface area contributed by atoms with Crippen LogP contribution < -0.4 is 10.6 Å². The van der Waals surface area contributed by atoms with Gasteiger partial charge in [0.25, 0.3) is 0 Å². The van der Waals surface area contributed by atoms with Gasteiger partial charge < -0.3 is 10.6 Å². The average molecular weight is 419 g/mol. The smallest absolute Gasteiger partial charge is 0.184 e. The maximum atomic E-state index is 14.8. The van der Waals surface area contributed by atoms with Crippen LogP contribution in [0.5, 0.6) is 0 Å². The highest BCUT2D eigenvalue weighted by Crippen LogP contribution is 2.41. The van der Waals surface area contributed by atoms with Crippen LogP contribution in [0.4, 0.5) is 20.2 Å². The lowest BCUT2D eigenvalue weighted by molar-refractivity contribution is 0.153. The lowest BCUT2D eigenvalue weighted by atomic mass is 9.69. The third-order valence-electron chi connectivity index (χ3n) is 8.35. The Morgan fingerprint density at radius 3 is 2.20 bits per heavy atom. The van der Waals surface area contributed by atoms with E-state index in [9.17, 15) is 8.78 Å². The molecule has 0 radical (unpaired) electrons. The van der Waals surface area contributed by atoms with E-state index in [1.165, 1.54) is 51.4 Å². The molecular formula is C26H40F2N2. The van der Waals surface area contributed by atoms with Crippen molar-refractivity contribution in [1.29, 1.82) is 0 Å². The standard InChI is InChI=1S/C26H40F2N2/c1-16(2)22-13-12-21-14-23(24(27)25(28)26(21)30-22)29-15-18-6-10-20(11-7-18)19-8-4-17(3)5-9-19/h14,16-20,22,29-30H,4-13,15H2,1-3H3. The minimum absolute atomic E-state index is 0.216. The van der Waals surface area contributed by atoms with Gasteiger partial charge in [-0.1, -0.05) is 33.6 Å². The molecule has 2 aliphatic carbocycles. The maximum Gasteiger partial charge on any atom is 0.184 e. The molecule has 1 aromatic carbocycles. The Hall–Kier alpha value is -1.32. The SMILES string of the molecule is CC1CCC(C2CCC(CNc3cc4c(c(F)c3F)NC(C(C)C)CC4)CC2)CC1. The molecule has 2 nitrogen and oxygen atoms in total. The molecule has 0 amide bonds. The van der Waals surface area contributed by atoms with Crippen LogP contribution in [0.2, 0.25) is 0 Å². The Kier molecular flexibility index (Phi) is 6.89. The van der Waals surface area contributed by atoms with Crippen LogP contribution in [0.25, 0.3) is 0 Å². The normalized spacial score (nSPS) is 31.9. The van der Waals surface area contributed by atoms with E-state index in [2.05, 4.69) is 31.4 Å². The van der Waals surface area contributed by atoms with Gasteiger partial charge >= 0.3 is 0 Å². The number of fused-ring (bicyclic) bond motifs is 1. The fraction of sp³-hybridized carbons (Fsp3) is 0.769. The van der Waals surface area contributed by atoms with Gasteiger partial charge in [0, 0.05) is 12.6 Å². The summed E-state index contributed by atoms with van der Waals surface area (Å²) in [6, 6.07) is 2.05. The lowest BCUT2D eigenvalue weighted by Crippen LogP contribution is -2.31. The third-order valence-corrected chi connectivity index (χ3v) is 8.35. The van der Waals surface area contributed by atoms with Crippen LogP contribution >= 0.6 is 0 Å². The number of hydrogen-bond donors (Lipinski definition) is 2. The number of hydrogen-bond acceptors (Lipinski definition) is 2. The zero-order chi connectivity index (χ0) is 21.3. The molecule has 1 atom stereocenters. The summed E-state index contributed by atoms with van der Waals surface area (Å²) in [5, 5.41) is 6.50. The highest BCUT2D eigenvalue weighted by Gasteiger charge is 2.30. The minimum Gasteiger partial charge on any atom is -0.382 e. The second kappa shape index (κ2) is 9.44. The molecule has 4 rings (SSSR count). The summed E-state index contributed by atoms with van der Waals surface area (Å²) in [5.41, 5.74) is 1.63. The van der Waals surface area contributed by atoms with E-state index in [-0.39, 0.29) is 6.04 Å². The Morgan fingerprint density at radius 2 is 1.57 bits per heavy atom. The van der Waals surface area contributed by atoms with E-state index < -0.39 is 11.6 Å². The molecule has 2 fully saturated rings. The second-order valence-corrected chi connectivity index (χ2v) is 10.8. The Labute approximate surface area is 181 Å². The van der Waals surface area contributed by atoms with Crippen molar-refractivity contribution in [3.05, 3.63) is 23.3 Å². The fourth-order valence-corrected chi connectivity index (χ4v) is 6.10. The summed E-state index contributed by atoms with van der Waals surface area (Å²) in [6.45, 7) is 7.39. The van der Waals surface area contributed by atoms with E-state index in [4.69, 9.17) is 0 Å². The summed E-state index contributed by atoms with van der Waals surface area (Å²) < 4.78 is 29.5. The van der Waals surface area contributed by atoms with Crippen molar-refractivity contribution in [2.24, 2.45) is 29.6 Å². The summed E-state index contributed by atoms with van der Waals surface area (Å²) in [4.78, 5) is 0. The second-order valence-electron chi connectivity index (χ2n) is 10.8. The van der Waals surface area contributed by atoms with E-state index in [0.29, 0.717) is 23.2 Å². The van der Waals surface area contributed by atoms with Crippen molar-refractivity contribution in [3.8, 4) is 0 Å². The molecule has 1 heterocycles. The van der Waals surface area contributed by atoms with Gasteiger partial charge in [0.2, 0.25) is 0 Å². The van der Waals surface area contributed by atoms with Crippen molar-refractivity contribution in [1.82, 2.24) is 0 Å². The van der Waals surface area contributed by atoms with Crippen molar-refractivity contribution in [2.45, 2.75) is 91.0 Å². The zero-order valence-electron chi connectivity index (χ0n) is 19.1. The molecule has 30 heavy (non-hydrogen) atoms. The van der Waals surface area contributed by atoms with Gasteiger partial charge in [-0.05, 0) is 92.6 Å². The molecule has 1 aliphatic heterocycles. The number of halogens is 2. The van der Waals surface area contributed by atoms with Crippen molar-refractivity contribution in [2.75, 3.05) is 17.2 Å². The van der Waals surface area contributed by atoms with E-state index in [0.717, 1.165) is 42.7 Å². The molecule has 4 heteroatoms. The lowest BCUT2D eigenvalue weighted by Gasteiger charge is -2.37. The molecule has 1 aromatic rings. The minimum atomic E-state index is -0.726. The first kappa shape index (κ1) is 21.9. The number of nitrogens with one attached hydrogen (secondary N) is 2. The van der Waals surface area contributed by atoms with Gasteiger partial charge in [-0.15, -0.1) is 0 Å². The fourth-order valence-electron chi connectivity index (χ4n) is 6.10. The summed E-state index contributed by atoms with van der Waals surface area (Å²) in [5.74, 6) is 2.29. The molecule has 3 aliphatic rings. The highest BCUT2D eigenvalue weighted by atomic mass is 19.2. The molecule has 2 N–H and O–H groups in total. The maximum absolute atomic E-state index is 14.8. The quantitative estimate of drug-likeness (QED) is 0.521. The average Bonchev–Trinajstić information content (AvgIpc) is 2.76.